The van der Waals surface area contributed by atoms with Crippen LogP contribution < -0.4 is 20.3 Å². The van der Waals surface area contributed by atoms with Crippen LogP contribution in [0.25, 0.3) is 0 Å². The summed E-state index contributed by atoms with van der Waals surface area (Å²) in [6, 6.07) is 13.8. The summed E-state index contributed by atoms with van der Waals surface area (Å²) in [6.07, 6.45) is 0. The highest BCUT2D eigenvalue weighted by atomic mass is 19.1. The lowest BCUT2D eigenvalue weighted by molar-refractivity contribution is -0.139. The predicted octanol–water partition coefficient (Wildman–Crippen LogP) is 1.39. The predicted molar refractivity (Wildman–Crippen MR) is 113 cm³/mol. The van der Waals surface area contributed by atoms with E-state index < -0.39 is 11.8 Å². The molecule has 1 fully saturated rings. The van der Waals surface area contributed by atoms with Crippen molar-refractivity contribution in [1.82, 2.24) is 15.5 Å². The standard InChI is InChI=1S/C22H27FN4O3/c1-30-20-8-6-19(7-9-20)27-14-12-26(13-15-27)11-10-24-21(28)22(29)25-16-17-2-4-18(23)5-3-17/h2-9H,10-16H2,1H3,(H,24,28)(H,25,29). The molecule has 1 heterocycles. The summed E-state index contributed by atoms with van der Waals surface area (Å²) in [5.74, 6) is -0.847. The van der Waals surface area contributed by atoms with Gasteiger partial charge in [0.05, 0.1) is 7.11 Å². The van der Waals surface area contributed by atoms with Crippen LogP contribution in [0.5, 0.6) is 5.75 Å². The first-order valence-electron chi connectivity index (χ1n) is 9.97. The molecule has 160 valence electrons. The van der Waals surface area contributed by atoms with E-state index in [0.29, 0.717) is 13.1 Å². The monoisotopic (exact) mass is 414 g/mol. The Hall–Kier alpha value is -3.13. The average Bonchev–Trinajstić information content (AvgIpc) is 2.79. The summed E-state index contributed by atoms with van der Waals surface area (Å²) in [5, 5.41) is 5.19. The summed E-state index contributed by atoms with van der Waals surface area (Å²) < 4.78 is 18.1. The van der Waals surface area contributed by atoms with Gasteiger partial charge < -0.3 is 20.3 Å². The lowest BCUT2D eigenvalue weighted by atomic mass is 10.2. The Morgan fingerprint density at radius 3 is 2.20 bits per heavy atom. The van der Waals surface area contributed by atoms with E-state index in [1.54, 1.807) is 19.2 Å². The van der Waals surface area contributed by atoms with Crippen LogP contribution in [0, 0.1) is 5.82 Å². The van der Waals surface area contributed by atoms with E-state index >= 15 is 0 Å². The van der Waals surface area contributed by atoms with Crippen LogP contribution in [0.2, 0.25) is 0 Å². The minimum Gasteiger partial charge on any atom is -0.497 e. The Bertz CT molecular complexity index is 834. The van der Waals surface area contributed by atoms with Gasteiger partial charge in [0.1, 0.15) is 11.6 Å². The molecule has 1 saturated heterocycles. The Balaban J connectivity index is 1.32. The molecule has 1 aliphatic heterocycles. The molecule has 0 spiro atoms. The van der Waals surface area contributed by atoms with E-state index in [1.165, 1.54) is 17.8 Å². The molecule has 0 aliphatic carbocycles. The highest BCUT2D eigenvalue weighted by Gasteiger charge is 2.18. The average molecular weight is 414 g/mol. The summed E-state index contributed by atoms with van der Waals surface area (Å²) in [6.45, 7) is 4.85. The normalized spacial score (nSPS) is 14.3. The van der Waals surface area contributed by atoms with Gasteiger partial charge in [-0.25, -0.2) is 4.39 Å². The lowest BCUT2D eigenvalue weighted by Gasteiger charge is -2.36. The zero-order valence-corrected chi connectivity index (χ0v) is 17.1. The third kappa shape index (κ3) is 6.18. The van der Waals surface area contributed by atoms with Gasteiger partial charge in [-0.3, -0.25) is 14.5 Å². The van der Waals surface area contributed by atoms with E-state index in [1.807, 2.05) is 12.1 Å². The zero-order valence-electron chi connectivity index (χ0n) is 17.1. The SMILES string of the molecule is COc1ccc(N2CCN(CCNC(=O)C(=O)NCc3ccc(F)cc3)CC2)cc1. The summed E-state index contributed by atoms with van der Waals surface area (Å²) in [7, 11) is 1.65. The largest absolute Gasteiger partial charge is 0.497 e. The number of hydrogen-bond acceptors (Lipinski definition) is 5. The number of amides is 2. The molecule has 0 radical (unpaired) electrons. The second-order valence-electron chi connectivity index (χ2n) is 7.09. The minimum absolute atomic E-state index is 0.180. The molecule has 0 unspecified atom stereocenters. The van der Waals surface area contributed by atoms with Gasteiger partial charge in [-0.2, -0.15) is 0 Å². The molecule has 2 aromatic rings. The van der Waals surface area contributed by atoms with Crippen molar-refractivity contribution in [2.45, 2.75) is 6.54 Å². The van der Waals surface area contributed by atoms with Gasteiger partial charge in [0.15, 0.2) is 0 Å². The first-order valence-corrected chi connectivity index (χ1v) is 9.97. The fourth-order valence-electron chi connectivity index (χ4n) is 3.30. The zero-order chi connectivity index (χ0) is 21.3. The van der Waals surface area contributed by atoms with Gasteiger partial charge in [0.2, 0.25) is 0 Å². The summed E-state index contributed by atoms with van der Waals surface area (Å²) >= 11 is 0. The molecule has 0 bridgehead atoms. The number of ether oxygens (including phenoxy) is 1. The molecule has 0 aromatic heterocycles. The summed E-state index contributed by atoms with van der Waals surface area (Å²) in [4.78, 5) is 28.4. The van der Waals surface area contributed by atoms with Gasteiger partial charge in [-0.05, 0) is 42.0 Å². The van der Waals surface area contributed by atoms with Gasteiger partial charge >= 0.3 is 11.8 Å². The van der Waals surface area contributed by atoms with Crippen LogP contribution in [-0.2, 0) is 16.1 Å². The Morgan fingerprint density at radius 1 is 0.933 bits per heavy atom. The van der Waals surface area contributed by atoms with Crippen LogP contribution in [0.1, 0.15) is 5.56 Å². The Labute approximate surface area is 175 Å². The van der Waals surface area contributed by atoms with Crippen molar-refractivity contribution in [2.24, 2.45) is 0 Å². The van der Waals surface area contributed by atoms with Crippen LogP contribution in [0.15, 0.2) is 48.5 Å². The highest BCUT2D eigenvalue weighted by Crippen LogP contribution is 2.20. The fourth-order valence-corrected chi connectivity index (χ4v) is 3.30. The topological polar surface area (TPSA) is 73.9 Å². The molecule has 0 atom stereocenters. The van der Waals surface area contributed by atoms with Gasteiger partial charge in [0, 0.05) is 51.5 Å². The van der Waals surface area contributed by atoms with Crippen LogP contribution in [0.3, 0.4) is 0 Å². The van der Waals surface area contributed by atoms with Crippen molar-refractivity contribution in [3.8, 4) is 5.75 Å². The van der Waals surface area contributed by atoms with Crippen molar-refractivity contribution < 1.29 is 18.7 Å². The van der Waals surface area contributed by atoms with Crippen molar-refractivity contribution >= 4 is 17.5 Å². The van der Waals surface area contributed by atoms with E-state index in [0.717, 1.165) is 37.5 Å². The molecule has 2 N–H and O–H groups in total. The quantitative estimate of drug-likeness (QED) is 0.670. The second kappa shape index (κ2) is 10.6. The number of rotatable bonds is 7. The number of anilines is 1. The molecule has 2 amide bonds. The summed E-state index contributed by atoms with van der Waals surface area (Å²) in [5.41, 5.74) is 1.90. The molecular formula is C22H27FN4O3. The van der Waals surface area contributed by atoms with Crippen molar-refractivity contribution in [2.75, 3.05) is 51.3 Å². The first-order chi connectivity index (χ1) is 14.5. The number of benzene rings is 2. The highest BCUT2D eigenvalue weighted by molar-refractivity contribution is 6.35. The number of nitrogens with one attached hydrogen (secondary N) is 2. The minimum atomic E-state index is -0.691. The van der Waals surface area contributed by atoms with Crippen molar-refractivity contribution in [3.05, 3.63) is 59.9 Å². The van der Waals surface area contributed by atoms with Crippen LogP contribution in [0.4, 0.5) is 10.1 Å². The van der Waals surface area contributed by atoms with Gasteiger partial charge in [0.25, 0.3) is 0 Å². The molecule has 3 rings (SSSR count). The Kier molecular flexibility index (Phi) is 7.62. The molecule has 2 aromatic carbocycles. The first kappa shape index (κ1) is 21.6. The maximum Gasteiger partial charge on any atom is 0.309 e. The lowest BCUT2D eigenvalue weighted by Crippen LogP contribution is -2.49. The molecule has 8 heteroatoms. The maximum absolute atomic E-state index is 12.9. The molecule has 30 heavy (non-hydrogen) atoms. The Morgan fingerprint density at radius 2 is 1.57 bits per heavy atom. The maximum atomic E-state index is 12.9. The molecule has 1 aliphatic rings. The number of carbonyl (C=O) groups is 2. The number of halogens is 1. The van der Waals surface area contributed by atoms with Crippen LogP contribution >= 0.6 is 0 Å². The third-order valence-electron chi connectivity index (χ3n) is 5.10. The van der Waals surface area contributed by atoms with E-state index in [2.05, 4.69) is 32.6 Å². The number of carbonyl (C=O) groups excluding carboxylic acids is 2. The van der Waals surface area contributed by atoms with Crippen molar-refractivity contribution in [3.63, 3.8) is 0 Å². The number of piperazine rings is 1. The van der Waals surface area contributed by atoms with E-state index in [-0.39, 0.29) is 12.4 Å². The number of hydrogen-bond donors (Lipinski definition) is 2. The fraction of sp³-hybridized carbons (Fsp3) is 0.364. The smallest absolute Gasteiger partial charge is 0.309 e. The number of nitrogens with zero attached hydrogens (tertiary/aromatic N) is 2. The molecule has 0 saturated carbocycles. The van der Waals surface area contributed by atoms with Gasteiger partial charge in [-0.15, -0.1) is 0 Å². The van der Waals surface area contributed by atoms with Crippen LogP contribution in [-0.4, -0.2) is 63.1 Å². The molecule has 7 nitrogen and oxygen atoms in total. The van der Waals surface area contributed by atoms with E-state index in [4.69, 9.17) is 4.74 Å². The number of methoxy groups -OCH3 is 1. The van der Waals surface area contributed by atoms with Crippen molar-refractivity contribution in [1.29, 1.82) is 0 Å². The second-order valence-corrected chi connectivity index (χ2v) is 7.09. The molecular weight excluding hydrogens is 387 g/mol. The van der Waals surface area contributed by atoms with E-state index in [9.17, 15) is 14.0 Å². The van der Waals surface area contributed by atoms with Gasteiger partial charge in [-0.1, -0.05) is 12.1 Å². The third-order valence-corrected chi connectivity index (χ3v) is 5.10.